The smallest absolute Gasteiger partial charge is 0.0465 e. The second-order valence-corrected chi connectivity index (χ2v) is 4.56. The third-order valence-electron chi connectivity index (χ3n) is 3.63. The second kappa shape index (κ2) is 6.02. The first-order valence-corrected chi connectivity index (χ1v) is 6.07. The van der Waals surface area contributed by atoms with Gasteiger partial charge in [-0.1, -0.05) is 50.6 Å². The summed E-state index contributed by atoms with van der Waals surface area (Å²) in [6.45, 7) is 5.02. The van der Waals surface area contributed by atoms with E-state index in [2.05, 4.69) is 26.0 Å². The summed E-state index contributed by atoms with van der Waals surface area (Å²) in [6.07, 6.45) is 2.10. The predicted octanol–water partition coefficient (Wildman–Crippen LogP) is 2.31. The van der Waals surface area contributed by atoms with E-state index in [0.717, 1.165) is 12.8 Å². The van der Waals surface area contributed by atoms with E-state index in [9.17, 15) is 5.11 Å². The van der Waals surface area contributed by atoms with Gasteiger partial charge in [0, 0.05) is 18.6 Å². The zero-order valence-electron chi connectivity index (χ0n) is 10.3. The van der Waals surface area contributed by atoms with Crippen LogP contribution in [0.3, 0.4) is 0 Å². The van der Waals surface area contributed by atoms with E-state index >= 15 is 0 Å². The molecular weight excluding hydrogens is 198 g/mol. The Labute approximate surface area is 98.5 Å². The number of benzene rings is 1. The molecule has 2 nitrogen and oxygen atoms in total. The van der Waals surface area contributed by atoms with Gasteiger partial charge in [-0.3, -0.25) is 0 Å². The van der Waals surface area contributed by atoms with Crippen LogP contribution in [0, 0.1) is 5.92 Å². The molecule has 1 aromatic carbocycles. The zero-order valence-corrected chi connectivity index (χ0v) is 10.3. The third-order valence-corrected chi connectivity index (χ3v) is 3.63. The van der Waals surface area contributed by atoms with Crippen molar-refractivity contribution >= 4 is 0 Å². The average Bonchev–Trinajstić information content (AvgIpc) is 2.36. The summed E-state index contributed by atoms with van der Waals surface area (Å²) in [7, 11) is 0. The predicted molar refractivity (Wildman–Crippen MR) is 68.3 cm³/mol. The standard InChI is InChI=1S/C14H23NO/c1-3-9-14(11-15,12(2)10-16)13-7-5-4-6-8-13/h4-8,12,16H,3,9-11,15H2,1-2H3/t12-,14+/m0/s1. The Morgan fingerprint density at radius 1 is 1.31 bits per heavy atom. The van der Waals surface area contributed by atoms with Gasteiger partial charge >= 0.3 is 0 Å². The lowest BCUT2D eigenvalue weighted by atomic mass is 9.68. The van der Waals surface area contributed by atoms with Crippen molar-refractivity contribution < 1.29 is 5.11 Å². The third kappa shape index (κ3) is 2.45. The molecule has 16 heavy (non-hydrogen) atoms. The van der Waals surface area contributed by atoms with Crippen molar-refractivity contribution in [3.8, 4) is 0 Å². The molecule has 1 rings (SSSR count). The summed E-state index contributed by atoms with van der Waals surface area (Å²) in [5, 5.41) is 9.43. The highest BCUT2D eigenvalue weighted by Gasteiger charge is 2.35. The van der Waals surface area contributed by atoms with E-state index < -0.39 is 0 Å². The molecule has 0 aliphatic heterocycles. The summed E-state index contributed by atoms with van der Waals surface area (Å²) < 4.78 is 0. The summed E-state index contributed by atoms with van der Waals surface area (Å²) in [6, 6.07) is 10.3. The number of hydrogen-bond acceptors (Lipinski definition) is 2. The maximum absolute atomic E-state index is 9.43. The summed E-state index contributed by atoms with van der Waals surface area (Å²) in [5.74, 6) is 0.194. The van der Waals surface area contributed by atoms with Crippen LogP contribution in [0.25, 0.3) is 0 Å². The minimum Gasteiger partial charge on any atom is -0.396 e. The van der Waals surface area contributed by atoms with Gasteiger partial charge in [-0.2, -0.15) is 0 Å². The normalized spacial score (nSPS) is 16.8. The summed E-state index contributed by atoms with van der Waals surface area (Å²) in [4.78, 5) is 0. The number of aliphatic hydroxyl groups is 1. The molecule has 0 saturated heterocycles. The van der Waals surface area contributed by atoms with Gasteiger partial charge in [0.2, 0.25) is 0 Å². The first-order valence-electron chi connectivity index (χ1n) is 6.07. The fraction of sp³-hybridized carbons (Fsp3) is 0.571. The topological polar surface area (TPSA) is 46.2 Å². The lowest BCUT2D eigenvalue weighted by Gasteiger charge is -2.38. The zero-order chi connectivity index (χ0) is 12.0. The molecule has 0 spiro atoms. The minimum atomic E-state index is -0.0786. The van der Waals surface area contributed by atoms with E-state index in [1.54, 1.807) is 0 Å². The fourth-order valence-electron chi connectivity index (χ4n) is 2.49. The van der Waals surface area contributed by atoms with Crippen LogP contribution in [-0.4, -0.2) is 18.3 Å². The molecule has 1 aromatic rings. The lowest BCUT2D eigenvalue weighted by molar-refractivity contribution is 0.156. The van der Waals surface area contributed by atoms with Crippen molar-refractivity contribution in [3.63, 3.8) is 0 Å². The molecule has 0 aliphatic rings. The molecule has 3 N–H and O–H groups in total. The highest BCUT2D eigenvalue weighted by molar-refractivity contribution is 5.27. The van der Waals surface area contributed by atoms with Gasteiger partial charge in [-0.05, 0) is 17.9 Å². The van der Waals surface area contributed by atoms with Crippen molar-refractivity contribution in [2.24, 2.45) is 11.7 Å². The van der Waals surface area contributed by atoms with E-state index in [1.807, 2.05) is 18.2 Å². The van der Waals surface area contributed by atoms with Crippen LogP contribution < -0.4 is 5.73 Å². The molecule has 90 valence electrons. The van der Waals surface area contributed by atoms with E-state index in [-0.39, 0.29) is 17.9 Å². The van der Waals surface area contributed by atoms with E-state index in [0.29, 0.717) is 6.54 Å². The van der Waals surface area contributed by atoms with Crippen molar-refractivity contribution in [3.05, 3.63) is 35.9 Å². The summed E-state index contributed by atoms with van der Waals surface area (Å²) in [5.41, 5.74) is 7.16. The van der Waals surface area contributed by atoms with Crippen molar-refractivity contribution in [1.29, 1.82) is 0 Å². The number of aliphatic hydroxyl groups excluding tert-OH is 1. The molecule has 0 radical (unpaired) electrons. The van der Waals surface area contributed by atoms with Gasteiger partial charge in [-0.15, -0.1) is 0 Å². The molecule has 0 fully saturated rings. The Bertz CT molecular complexity index is 299. The average molecular weight is 221 g/mol. The largest absolute Gasteiger partial charge is 0.396 e. The molecule has 0 saturated carbocycles. The Morgan fingerprint density at radius 2 is 1.94 bits per heavy atom. The molecule has 0 unspecified atom stereocenters. The molecule has 0 bridgehead atoms. The molecule has 0 amide bonds. The number of hydrogen-bond donors (Lipinski definition) is 2. The Morgan fingerprint density at radius 3 is 2.38 bits per heavy atom. The maximum atomic E-state index is 9.43. The first kappa shape index (κ1) is 13.2. The monoisotopic (exact) mass is 221 g/mol. The highest BCUT2D eigenvalue weighted by Crippen LogP contribution is 2.35. The van der Waals surface area contributed by atoms with Crippen LogP contribution >= 0.6 is 0 Å². The van der Waals surface area contributed by atoms with Crippen LogP contribution in [0.4, 0.5) is 0 Å². The Hall–Kier alpha value is -0.860. The number of nitrogens with two attached hydrogens (primary N) is 1. The molecule has 0 aliphatic carbocycles. The van der Waals surface area contributed by atoms with E-state index in [1.165, 1.54) is 5.56 Å². The van der Waals surface area contributed by atoms with Crippen LogP contribution in [-0.2, 0) is 5.41 Å². The number of rotatable bonds is 6. The van der Waals surface area contributed by atoms with Crippen LogP contribution in [0.1, 0.15) is 32.3 Å². The Balaban J connectivity index is 3.11. The van der Waals surface area contributed by atoms with Gasteiger partial charge < -0.3 is 10.8 Å². The van der Waals surface area contributed by atoms with Gasteiger partial charge in [0.15, 0.2) is 0 Å². The lowest BCUT2D eigenvalue weighted by Crippen LogP contribution is -2.42. The van der Waals surface area contributed by atoms with Crippen LogP contribution in [0.15, 0.2) is 30.3 Å². The van der Waals surface area contributed by atoms with Crippen molar-refractivity contribution in [1.82, 2.24) is 0 Å². The second-order valence-electron chi connectivity index (χ2n) is 4.56. The van der Waals surface area contributed by atoms with Crippen molar-refractivity contribution in [2.75, 3.05) is 13.2 Å². The van der Waals surface area contributed by atoms with E-state index in [4.69, 9.17) is 5.73 Å². The maximum Gasteiger partial charge on any atom is 0.0465 e. The molecular formula is C14H23NO. The Kier molecular flexibility index (Phi) is 4.97. The van der Waals surface area contributed by atoms with Gasteiger partial charge in [0.25, 0.3) is 0 Å². The summed E-state index contributed by atoms with van der Waals surface area (Å²) >= 11 is 0. The minimum absolute atomic E-state index is 0.0786. The van der Waals surface area contributed by atoms with Crippen LogP contribution in [0.2, 0.25) is 0 Å². The molecule has 2 heteroatoms. The highest BCUT2D eigenvalue weighted by atomic mass is 16.3. The van der Waals surface area contributed by atoms with Crippen molar-refractivity contribution in [2.45, 2.75) is 32.1 Å². The first-order chi connectivity index (χ1) is 7.71. The van der Waals surface area contributed by atoms with Crippen LogP contribution in [0.5, 0.6) is 0 Å². The molecule has 0 heterocycles. The quantitative estimate of drug-likeness (QED) is 0.774. The molecule has 0 aromatic heterocycles. The molecule has 2 atom stereocenters. The van der Waals surface area contributed by atoms with Gasteiger partial charge in [0.05, 0.1) is 0 Å². The SMILES string of the molecule is CCC[C@](CN)(c1ccccc1)[C@@H](C)CO. The van der Waals surface area contributed by atoms with Gasteiger partial charge in [0.1, 0.15) is 0 Å². The van der Waals surface area contributed by atoms with Gasteiger partial charge in [-0.25, -0.2) is 0 Å². The fourth-order valence-corrected chi connectivity index (χ4v) is 2.49.